The van der Waals surface area contributed by atoms with E-state index < -0.39 is 0 Å². The first-order chi connectivity index (χ1) is 12.7. The molecule has 3 nitrogen and oxygen atoms in total. The van der Waals surface area contributed by atoms with Gasteiger partial charge in [0.2, 0.25) is 0 Å². The summed E-state index contributed by atoms with van der Waals surface area (Å²) in [5.41, 5.74) is 5.81. The normalized spacial score (nSPS) is 12.2. The largest absolute Gasteiger partial charge is 0.366 e. The van der Waals surface area contributed by atoms with E-state index in [2.05, 4.69) is 96.5 Å². The van der Waals surface area contributed by atoms with Crippen LogP contribution in [0.4, 0.5) is 5.82 Å². The fourth-order valence-corrected chi connectivity index (χ4v) is 3.38. The number of rotatable bonds is 5. The zero-order chi connectivity index (χ0) is 17.9. The van der Waals surface area contributed by atoms with Crippen LogP contribution >= 0.6 is 0 Å². The van der Waals surface area contributed by atoms with Crippen molar-refractivity contribution < 1.29 is 0 Å². The highest BCUT2D eigenvalue weighted by Gasteiger charge is 2.20. The van der Waals surface area contributed by atoms with Gasteiger partial charge in [-0.2, -0.15) is 0 Å². The van der Waals surface area contributed by atoms with Gasteiger partial charge in [0.25, 0.3) is 0 Å². The molecular formula is C23H23N3. The van der Waals surface area contributed by atoms with Gasteiger partial charge in [-0.1, -0.05) is 73.7 Å². The van der Waals surface area contributed by atoms with Gasteiger partial charge < -0.3 is 5.32 Å². The first kappa shape index (κ1) is 16.4. The third-order valence-electron chi connectivity index (χ3n) is 4.88. The van der Waals surface area contributed by atoms with Crippen LogP contribution in [0.5, 0.6) is 0 Å². The number of pyridine rings is 1. The Balaban J connectivity index is 1.77. The monoisotopic (exact) mass is 341 g/mol. The second-order valence-corrected chi connectivity index (χ2v) is 6.70. The summed E-state index contributed by atoms with van der Waals surface area (Å²) in [4.78, 5) is 5.00. The second kappa shape index (κ2) is 7.04. The Morgan fingerprint density at radius 3 is 2.35 bits per heavy atom. The summed E-state index contributed by atoms with van der Waals surface area (Å²) >= 11 is 0. The molecule has 0 saturated carbocycles. The summed E-state index contributed by atoms with van der Waals surface area (Å²) < 4.78 is 2.17. The molecule has 2 aromatic heterocycles. The summed E-state index contributed by atoms with van der Waals surface area (Å²) in [6, 6.07) is 25.2. The van der Waals surface area contributed by atoms with Crippen LogP contribution in [0, 0.1) is 6.92 Å². The van der Waals surface area contributed by atoms with Gasteiger partial charge in [-0.05, 0) is 29.7 Å². The molecule has 0 radical (unpaired) electrons. The van der Waals surface area contributed by atoms with Crippen molar-refractivity contribution in [1.29, 1.82) is 0 Å². The van der Waals surface area contributed by atoms with E-state index in [-0.39, 0.29) is 5.92 Å². The third-order valence-corrected chi connectivity index (χ3v) is 4.88. The van der Waals surface area contributed by atoms with Crippen molar-refractivity contribution >= 4 is 11.5 Å². The van der Waals surface area contributed by atoms with E-state index in [1.165, 1.54) is 16.7 Å². The molecule has 0 aliphatic heterocycles. The fraction of sp³-hybridized carbons (Fsp3) is 0.174. The molecule has 0 amide bonds. The van der Waals surface area contributed by atoms with E-state index >= 15 is 0 Å². The number of nitrogens with zero attached hydrogens (tertiary/aromatic N) is 2. The zero-order valence-corrected chi connectivity index (χ0v) is 15.2. The molecule has 0 bridgehead atoms. The number of benzene rings is 2. The summed E-state index contributed by atoms with van der Waals surface area (Å²) in [5.74, 6) is 1.29. The number of hydrogen-bond acceptors (Lipinski definition) is 2. The molecule has 0 aliphatic carbocycles. The molecule has 1 N–H and O–H groups in total. The number of fused-ring (bicyclic) bond motifs is 1. The Labute approximate surface area is 154 Å². The van der Waals surface area contributed by atoms with Gasteiger partial charge >= 0.3 is 0 Å². The lowest BCUT2D eigenvalue weighted by Gasteiger charge is -2.14. The standard InChI is InChI=1S/C23H23N3/c1-17-10-9-15-26-22(17)25-21(18(2)20-13-7-4-8-14-20)23(26)24-16-19-11-5-3-6-12-19/h3-15,18,24H,16H2,1-2H3. The van der Waals surface area contributed by atoms with Crippen LogP contribution in [0.15, 0.2) is 79.0 Å². The maximum atomic E-state index is 5.00. The number of aromatic nitrogens is 2. The number of aryl methyl sites for hydroxylation is 1. The minimum Gasteiger partial charge on any atom is -0.366 e. The van der Waals surface area contributed by atoms with Crippen molar-refractivity contribution in [2.75, 3.05) is 5.32 Å². The number of anilines is 1. The van der Waals surface area contributed by atoms with Crippen LogP contribution in [-0.2, 0) is 6.54 Å². The van der Waals surface area contributed by atoms with Crippen molar-refractivity contribution in [3.05, 3.63) is 101 Å². The van der Waals surface area contributed by atoms with Crippen molar-refractivity contribution in [3.8, 4) is 0 Å². The highest BCUT2D eigenvalue weighted by molar-refractivity contribution is 5.61. The molecule has 3 heteroatoms. The quantitative estimate of drug-likeness (QED) is 0.526. The predicted octanol–water partition coefficient (Wildman–Crippen LogP) is 5.41. The molecule has 1 atom stereocenters. The van der Waals surface area contributed by atoms with E-state index in [1.54, 1.807) is 0 Å². The molecule has 2 aromatic carbocycles. The Bertz CT molecular complexity index is 1000. The third kappa shape index (κ3) is 3.08. The Morgan fingerprint density at radius 1 is 0.923 bits per heavy atom. The maximum Gasteiger partial charge on any atom is 0.141 e. The van der Waals surface area contributed by atoms with Gasteiger partial charge in [0.05, 0.1) is 5.69 Å². The van der Waals surface area contributed by atoms with Gasteiger partial charge in [-0.25, -0.2) is 4.98 Å². The van der Waals surface area contributed by atoms with Crippen LogP contribution in [0.3, 0.4) is 0 Å². The van der Waals surface area contributed by atoms with Crippen LogP contribution in [0.1, 0.15) is 35.2 Å². The van der Waals surface area contributed by atoms with Crippen molar-refractivity contribution in [1.82, 2.24) is 9.38 Å². The van der Waals surface area contributed by atoms with Gasteiger partial charge in [0.15, 0.2) is 0 Å². The average Bonchev–Trinajstić information content (AvgIpc) is 3.07. The minimum atomic E-state index is 0.216. The smallest absolute Gasteiger partial charge is 0.141 e. The van der Waals surface area contributed by atoms with Gasteiger partial charge in [-0.3, -0.25) is 4.40 Å². The van der Waals surface area contributed by atoms with Crippen molar-refractivity contribution in [2.45, 2.75) is 26.3 Å². The first-order valence-electron chi connectivity index (χ1n) is 9.04. The topological polar surface area (TPSA) is 29.3 Å². The summed E-state index contributed by atoms with van der Waals surface area (Å²) in [6.45, 7) is 5.11. The molecule has 4 rings (SSSR count). The first-order valence-corrected chi connectivity index (χ1v) is 9.04. The molecule has 0 aliphatic rings. The lowest BCUT2D eigenvalue weighted by Crippen LogP contribution is -2.06. The fourth-order valence-electron chi connectivity index (χ4n) is 3.38. The van der Waals surface area contributed by atoms with E-state index in [4.69, 9.17) is 4.98 Å². The van der Waals surface area contributed by atoms with Crippen LogP contribution in [-0.4, -0.2) is 9.38 Å². The molecular weight excluding hydrogens is 318 g/mol. The highest BCUT2D eigenvalue weighted by atomic mass is 15.1. The molecule has 0 spiro atoms. The SMILES string of the molecule is Cc1cccn2c(NCc3ccccc3)c(C(C)c3ccccc3)nc12. The molecule has 26 heavy (non-hydrogen) atoms. The Morgan fingerprint density at radius 2 is 1.62 bits per heavy atom. The van der Waals surface area contributed by atoms with Gasteiger partial charge in [0.1, 0.15) is 11.5 Å². The maximum absolute atomic E-state index is 5.00. The van der Waals surface area contributed by atoms with Crippen LogP contribution in [0.2, 0.25) is 0 Å². The lowest BCUT2D eigenvalue weighted by molar-refractivity contribution is 0.882. The summed E-state index contributed by atoms with van der Waals surface area (Å²) in [6.07, 6.45) is 2.09. The van der Waals surface area contributed by atoms with E-state index in [0.717, 1.165) is 23.7 Å². The molecule has 1 unspecified atom stereocenters. The minimum absolute atomic E-state index is 0.216. The Kier molecular flexibility index (Phi) is 4.44. The molecule has 2 heterocycles. The van der Waals surface area contributed by atoms with Crippen LogP contribution in [0.25, 0.3) is 5.65 Å². The van der Waals surface area contributed by atoms with Gasteiger partial charge in [0, 0.05) is 18.7 Å². The number of imidazole rings is 1. The molecule has 130 valence electrons. The number of nitrogens with one attached hydrogen (secondary N) is 1. The number of hydrogen-bond donors (Lipinski definition) is 1. The highest BCUT2D eigenvalue weighted by Crippen LogP contribution is 2.31. The molecule has 0 fully saturated rings. The average molecular weight is 341 g/mol. The van der Waals surface area contributed by atoms with Gasteiger partial charge in [-0.15, -0.1) is 0 Å². The van der Waals surface area contributed by atoms with Crippen molar-refractivity contribution in [3.63, 3.8) is 0 Å². The molecule has 4 aromatic rings. The van der Waals surface area contributed by atoms with Crippen LogP contribution < -0.4 is 5.32 Å². The second-order valence-electron chi connectivity index (χ2n) is 6.70. The van der Waals surface area contributed by atoms with E-state index in [9.17, 15) is 0 Å². The summed E-state index contributed by atoms with van der Waals surface area (Å²) in [5, 5.41) is 3.63. The lowest BCUT2D eigenvalue weighted by atomic mass is 9.98. The zero-order valence-electron chi connectivity index (χ0n) is 15.2. The predicted molar refractivity (Wildman–Crippen MR) is 108 cm³/mol. The molecule has 0 saturated heterocycles. The van der Waals surface area contributed by atoms with E-state index in [1.807, 2.05) is 6.07 Å². The van der Waals surface area contributed by atoms with E-state index in [0.29, 0.717) is 0 Å². The summed E-state index contributed by atoms with van der Waals surface area (Å²) in [7, 11) is 0. The Hall–Kier alpha value is -3.07. The van der Waals surface area contributed by atoms with Crippen molar-refractivity contribution in [2.24, 2.45) is 0 Å².